The van der Waals surface area contributed by atoms with E-state index in [0.29, 0.717) is 5.75 Å². The van der Waals surface area contributed by atoms with Crippen LogP contribution in [0.4, 0.5) is 0 Å². The van der Waals surface area contributed by atoms with Crippen LogP contribution in [0.2, 0.25) is 0 Å². The zero-order valence-corrected chi connectivity index (χ0v) is 13.9. The molecule has 5 heteroatoms. The van der Waals surface area contributed by atoms with Gasteiger partial charge in [-0.15, -0.1) is 0 Å². The lowest BCUT2D eigenvalue weighted by molar-refractivity contribution is 0.482. The largest absolute Gasteiger partial charge is 0.378 e. The number of benzene rings is 2. The van der Waals surface area contributed by atoms with Crippen molar-refractivity contribution in [3.63, 3.8) is 0 Å². The summed E-state index contributed by atoms with van der Waals surface area (Å²) < 4.78 is 30.7. The number of hydrogen-bond donors (Lipinski definition) is 0. The quantitative estimate of drug-likeness (QED) is 0.777. The fourth-order valence-electron chi connectivity index (χ4n) is 1.89. The van der Waals surface area contributed by atoms with E-state index in [1.807, 2.05) is 32.9 Å². The summed E-state index contributed by atoms with van der Waals surface area (Å²) in [6.07, 6.45) is 0. The molecule has 0 aliphatic carbocycles. The highest BCUT2D eigenvalue weighted by Gasteiger charge is 2.19. The molecule has 0 spiro atoms. The van der Waals surface area contributed by atoms with E-state index in [9.17, 15) is 8.42 Å². The highest BCUT2D eigenvalue weighted by atomic mass is 79.9. The summed E-state index contributed by atoms with van der Waals surface area (Å²) >= 11 is 3.37. The molecular formula is C15H15BrO3S. The molecule has 2 aromatic carbocycles. The number of hydrogen-bond acceptors (Lipinski definition) is 3. The zero-order valence-electron chi connectivity index (χ0n) is 11.5. The molecule has 0 bridgehead atoms. The van der Waals surface area contributed by atoms with Crippen LogP contribution in [0.15, 0.2) is 45.8 Å². The molecule has 0 heterocycles. The minimum atomic E-state index is -3.80. The minimum absolute atomic E-state index is 0.157. The lowest BCUT2D eigenvalue weighted by Gasteiger charge is -2.12. The average Bonchev–Trinajstić information content (AvgIpc) is 2.34. The van der Waals surface area contributed by atoms with E-state index in [0.717, 1.165) is 21.2 Å². The summed E-state index contributed by atoms with van der Waals surface area (Å²) in [6.45, 7) is 5.54. The second-order valence-corrected chi connectivity index (χ2v) is 7.18. The van der Waals surface area contributed by atoms with Gasteiger partial charge in [0.15, 0.2) is 0 Å². The second-order valence-electron chi connectivity index (χ2n) is 4.72. The summed E-state index contributed by atoms with van der Waals surface area (Å²) in [7, 11) is -3.80. The SMILES string of the molecule is Cc1ccc(S(=O)(=O)Oc2c(C)cc(Br)cc2C)cc1. The van der Waals surface area contributed by atoms with Crippen LogP contribution in [0.1, 0.15) is 16.7 Å². The van der Waals surface area contributed by atoms with E-state index in [1.54, 1.807) is 24.3 Å². The Kier molecular flexibility index (Phi) is 4.20. The van der Waals surface area contributed by atoms with Crippen LogP contribution in [0.25, 0.3) is 0 Å². The van der Waals surface area contributed by atoms with Gasteiger partial charge in [0.05, 0.1) is 0 Å². The highest BCUT2D eigenvalue weighted by molar-refractivity contribution is 9.10. The topological polar surface area (TPSA) is 43.4 Å². The maximum Gasteiger partial charge on any atom is 0.339 e. The molecule has 0 saturated carbocycles. The Bertz CT molecular complexity index is 711. The molecule has 0 radical (unpaired) electrons. The molecule has 106 valence electrons. The monoisotopic (exact) mass is 354 g/mol. The van der Waals surface area contributed by atoms with Crippen LogP contribution >= 0.6 is 15.9 Å². The Balaban J connectivity index is 2.41. The van der Waals surface area contributed by atoms with E-state index < -0.39 is 10.1 Å². The van der Waals surface area contributed by atoms with Crippen molar-refractivity contribution in [1.29, 1.82) is 0 Å². The van der Waals surface area contributed by atoms with E-state index in [1.165, 1.54) is 0 Å². The summed E-state index contributed by atoms with van der Waals surface area (Å²) in [5.74, 6) is 0.383. The first-order chi connectivity index (χ1) is 9.29. The third-order valence-electron chi connectivity index (χ3n) is 2.93. The molecule has 0 aliphatic heterocycles. The lowest BCUT2D eigenvalue weighted by atomic mass is 10.1. The predicted octanol–water partition coefficient (Wildman–Crippen LogP) is 4.14. The van der Waals surface area contributed by atoms with Crippen molar-refractivity contribution in [3.05, 3.63) is 57.6 Å². The highest BCUT2D eigenvalue weighted by Crippen LogP contribution is 2.29. The van der Waals surface area contributed by atoms with Crippen LogP contribution in [0, 0.1) is 20.8 Å². The lowest BCUT2D eigenvalue weighted by Crippen LogP contribution is -2.11. The fourth-order valence-corrected chi connectivity index (χ4v) is 3.63. The van der Waals surface area contributed by atoms with Crippen LogP contribution in [-0.4, -0.2) is 8.42 Å². The first kappa shape index (κ1) is 15.1. The van der Waals surface area contributed by atoms with Gasteiger partial charge in [-0.3, -0.25) is 0 Å². The normalized spacial score (nSPS) is 11.4. The van der Waals surface area contributed by atoms with E-state index in [-0.39, 0.29) is 4.90 Å². The third-order valence-corrected chi connectivity index (χ3v) is 4.62. The van der Waals surface area contributed by atoms with Gasteiger partial charge in [-0.2, -0.15) is 8.42 Å². The zero-order chi connectivity index (χ0) is 14.9. The van der Waals surface area contributed by atoms with Gasteiger partial charge in [-0.25, -0.2) is 0 Å². The molecule has 2 rings (SSSR count). The van der Waals surface area contributed by atoms with E-state index in [2.05, 4.69) is 15.9 Å². The van der Waals surface area contributed by atoms with Crippen molar-refractivity contribution in [1.82, 2.24) is 0 Å². The Labute approximate surface area is 127 Å². The van der Waals surface area contributed by atoms with Gasteiger partial charge >= 0.3 is 10.1 Å². The molecule has 3 nitrogen and oxygen atoms in total. The van der Waals surface area contributed by atoms with Gasteiger partial charge < -0.3 is 4.18 Å². The molecule has 2 aromatic rings. The van der Waals surface area contributed by atoms with Gasteiger partial charge in [0.2, 0.25) is 0 Å². The summed E-state index contributed by atoms with van der Waals surface area (Å²) in [5.41, 5.74) is 2.54. The third kappa shape index (κ3) is 3.22. The minimum Gasteiger partial charge on any atom is -0.378 e. The Morgan fingerprint density at radius 1 is 0.950 bits per heavy atom. The van der Waals surface area contributed by atoms with Crippen LogP contribution in [0.3, 0.4) is 0 Å². The predicted molar refractivity (Wildman–Crippen MR) is 82.6 cm³/mol. The maximum absolute atomic E-state index is 12.3. The molecule has 0 fully saturated rings. The van der Waals surface area contributed by atoms with Crippen molar-refractivity contribution in [3.8, 4) is 5.75 Å². The Morgan fingerprint density at radius 2 is 1.45 bits per heavy atom. The van der Waals surface area contributed by atoms with E-state index >= 15 is 0 Å². The van der Waals surface area contributed by atoms with Crippen molar-refractivity contribution >= 4 is 26.0 Å². The van der Waals surface area contributed by atoms with Crippen molar-refractivity contribution < 1.29 is 12.6 Å². The maximum atomic E-state index is 12.3. The van der Waals surface area contributed by atoms with Crippen molar-refractivity contribution in [2.24, 2.45) is 0 Å². The van der Waals surface area contributed by atoms with Crippen LogP contribution < -0.4 is 4.18 Å². The fraction of sp³-hybridized carbons (Fsp3) is 0.200. The van der Waals surface area contributed by atoms with Gasteiger partial charge in [0.25, 0.3) is 0 Å². The molecule has 0 N–H and O–H groups in total. The molecule has 0 unspecified atom stereocenters. The van der Waals surface area contributed by atoms with Crippen LogP contribution in [-0.2, 0) is 10.1 Å². The van der Waals surface area contributed by atoms with E-state index in [4.69, 9.17) is 4.18 Å². The summed E-state index contributed by atoms with van der Waals surface area (Å²) in [6, 6.07) is 10.2. The van der Waals surface area contributed by atoms with Gasteiger partial charge in [-0.05, 0) is 56.2 Å². The average molecular weight is 355 g/mol. The van der Waals surface area contributed by atoms with Gasteiger partial charge in [0.1, 0.15) is 10.6 Å². The molecule has 0 amide bonds. The summed E-state index contributed by atoms with van der Waals surface area (Å²) in [4.78, 5) is 0.157. The van der Waals surface area contributed by atoms with Crippen LogP contribution in [0.5, 0.6) is 5.75 Å². The molecule has 0 saturated heterocycles. The number of rotatable bonds is 3. The Morgan fingerprint density at radius 3 is 1.95 bits per heavy atom. The number of halogens is 1. The smallest absolute Gasteiger partial charge is 0.339 e. The summed E-state index contributed by atoms with van der Waals surface area (Å²) in [5, 5.41) is 0. The van der Waals surface area contributed by atoms with Gasteiger partial charge in [-0.1, -0.05) is 33.6 Å². The Hall–Kier alpha value is -1.33. The van der Waals surface area contributed by atoms with Crippen molar-refractivity contribution in [2.45, 2.75) is 25.7 Å². The standard InChI is InChI=1S/C15H15BrO3S/c1-10-4-6-14(7-5-10)20(17,18)19-15-11(2)8-13(16)9-12(15)3/h4-9H,1-3H3. The molecule has 0 atom stereocenters. The first-order valence-corrected chi connectivity index (χ1v) is 8.27. The molecule has 0 aromatic heterocycles. The molecular weight excluding hydrogens is 340 g/mol. The second kappa shape index (κ2) is 5.58. The molecule has 0 aliphatic rings. The first-order valence-electron chi connectivity index (χ1n) is 6.07. The molecule has 20 heavy (non-hydrogen) atoms. The van der Waals surface area contributed by atoms with Gasteiger partial charge in [0, 0.05) is 4.47 Å². The van der Waals surface area contributed by atoms with Crippen molar-refractivity contribution in [2.75, 3.05) is 0 Å². The number of aryl methyl sites for hydroxylation is 3.